The van der Waals surface area contributed by atoms with Crippen molar-refractivity contribution in [2.45, 2.75) is 49.5 Å². The third kappa shape index (κ3) is 4.47. The van der Waals surface area contributed by atoms with Crippen molar-refractivity contribution < 1.29 is 27.5 Å². The van der Waals surface area contributed by atoms with E-state index in [1.54, 1.807) is 0 Å². The van der Waals surface area contributed by atoms with Crippen molar-refractivity contribution in [1.29, 1.82) is 0 Å². The number of carbonyl (C=O) groups is 2. The maximum absolute atomic E-state index is 12.7. The fourth-order valence-corrected chi connectivity index (χ4v) is 4.79. The Kier molecular flexibility index (Phi) is 6.24. The molecule has 0 radical (unpaired) electrons. The highest BCUT2D eigenvalue weighted by Gasteiger charge is 2.36. The number of nitrogens with zero attached hydrogens (tertiary/aromatic N) is 1. The van der Waals surface area contributed by atoms with Crippen LogP contribution in [0.3, 0.4) is 0 Å². The zero-order valence-electron chi connectivity index (χ0n) is 15.9. The van der Waals surface area contributed by atoms with E-state index in [2.05, 4.69) is 0 Å². The molecule has 0 unspecified atom stereocenters. The van der Waals surface area contributed by atoms with E-state index in [1.165, 1.54) is 25.7 Å². The number of sulfonamides is 1. The standard InChI is InChI=1S/C19H26N2O6S/c1-26-17-9-8-14(28(20,24)25)11-15(17)19(23)27-12-18(22)21-10-4-6-13-5-2-3-7-16(13)21/h8-9,11,13,16H,2-7,10,12H2,1H3,(H2,20,24,25)/t13-,16-/m0/s1. The number of amides is 1. The minimum absolute atomic E-state index is 0.0870. The van der Waals surface area contributed by atoms with Gasteiger partial charge in [-0.05, 0) is 49.8 Å². The number of benzene rings is 1. The predicted molar refractivity (Wildman–Crippen MR) is 101 cm³/mol. The lowest BCUT2D eigenvalue weighted by atomic mass is 9.78. The SMILES string of the molecule is COc1ccc(S(N)(=O)=O)cc1C(=O)OCC(=O)N1CCC[C@@H]2CCCC[C@@H]21. The molecule has 1 heterocycles. The summed E-state index contributed by atoms with van der Waals surface area (Å²) < 4.78 is 33.4. The number of hydrogen-bond donors (Lipinski definition) is 1. The highest BCUT2D eigenvalue weighted by atomic mass is 32.2. The largest absolute Gasteiger partial charge is 0.496 e. The van der Waals surface area contributed by atoms with Gasteiger partial charge in [0, 0.05) is 12.6 Å². The summed E-state index contributed by atoms with van der Waals surface area (Å²) in [6.45, 7) is 0.298. The molecular formula is C19H26N2O6S. The Labute approximate surface area is 165 Å². The lowest BCUT2D eigenvalue weighted by molar-refractivity contribution is -0.140. The number of primary sulfonamides is 1. The molecule has 0 spiro atoms. The van der Waals surface area contributed by atoms with Gasteiger partial charge in [-0.15, -0.1) is 0 Å². The van der Waals surface area contributed by atoms with Crippen LogP contribution in [0, 0.1) is 5.92 Å². The molecule has 1 aromatic rings. The quantitative estimate of drug-likeness (QED) is 0.739. The molecule has 2 atom stereocenters. The number of piperidine rings is 1. The van der Waals surface area contributed by atoms with Gasteiger partial charge in [0.25, 0.3) is 5.91 Å². The van der Waals surface area contributed by atoms with Gasteiger partial charge in [0.1, 0.15) is 11.3 Å². The van der Waals surface area contributed by atoms with Crippen LogP contribution in [-0.2, 0) is 19.6 Å². The van der Waals surface area contributed by atoms with E-state index in [1.807, 2.05) is 4.90 Å². The summed E-state index contributed by atoms with van der Waals surface area (Å²) in [5.74, 6) is -0.358. The van der Waals surface area contributed by atoms with Crippen LogP contribution in [0.5, 0.6) is 5.75 Å². The van der Waals surface area contributed by atoms with Crippen molar-refractivity contribution in [3.05, 3.63) is 23.8 Å². The number of ether oxygens (including phenoxy) is 2. The van der Waals surface area contributed by atoms with Crippen LogP contribution in [0.4, 0.5) is 0 Å². The molecule has 3 rings (SSSR count). The molecule has 8 nitrogen and oxygen atoms in total. The summed E-state index contributed by atoms with van der Waals surface area (Å²) >= 11 is 0. The molecule has 9 heteroatoms. The van der Waals surface area contributed by atoms with Gasteiger partial charge in [0.05, 0.1) is 12.0 Å². The average molecular weight is 410 g/mol. The molecule has 2 N–H and O–H groups in total. The van der Waals surface area contributed by atoms with E-state index in [9.17, 15) is 18.0 Å². The van der Waals surface area contributed by atoms with Crippen LogP contribution in [0.2, 0.25) is 0 Å². The van der Waals surface area contributed by atoms with Gasteiger partial charge < -0.3 is 14.4 Å². The lowest BCUT2D eigenvalue weighted by Gasteiger charge is -2.44. The molecule has 1 aromatic carbocycles. The van der Waals surface area contributed by atoms with Crippen molar-refractivity contribution in [2.24, 2.45) is 11.1 Å². The van der Waals surface area contributed by atoms with Crippen LogP contribution in [0.15, 0.2) is 23.1 Å². The average Bonchev–Trinajstić information content (AvgIpc) is 2.70. The molecule has 0 bridgehead atoms. The fourth-order valence-electron chi connectivity index (χ4n) is 4.25. The first-order valence-electron chi connectivity index (χ1n) is 9.48. The van der Waals surface area contributed by atoms with Gasteiger partial charge in [0.15, 0.2) is 6.61 Å². The topological polar surface area (TPSA) is 116 Å². The molecule has 2 aliphatic rings. The number of fused-ring (bicyclic) bond motifs is 1. The molecule has 1 amide bonds. The van der Waals surface area contributed by atoms with E-state index < -0.39 is 16.0 Å². The minimum atomic E-state index is -3.98. The Morgan fingerprint density at radius 2 is 1.89 bits per heavy atom. The molecule has 28 heavy (non-hydrogen) atoms. The normalized spacial score (nSPS) is 22.3. The minimum Gasteiger partial charge on any atom is -0.496 e. The lowest BCUT2D eigenvalue weighted by Crippen LogP contribution is -2.50. The van der Waals surface area contributed by atoms with E-state index in [-0.39, 0.29) is 34.8 Å². The van der Waals surface area contributed by atoms with Gasteiger partial charge >= 0.3 is 5.97 Å². The monoisotopic (exact) mass is 410 g/mol. The summed E-state index contributed by atoms with van der Waals surface area (Å²) in [7, 11) is -2.63. The molecule has 2 fully saturated rings. The summed E-state index contributed by atoms with van der Waals surface area (Å²) in [4.78, 5) is 26.8. The second kappa shape index (κ2) is 8.48. The van der Waals surface area contributed by atoms with Crippen LogP contribution in [-0.4, -0.2) is 51.5 Å². The van der Waals surface area contributed by atoms with Gasteiger partial charge in [-0.25, -0.2) is 18.4 Å². The molecule has 1 aliphatic carbocycles. The number of rotatable bonds is 5. The number of methoxy groups -OCH3 is 1. The Bertz CT molecular complexity index is 852. The molecule has 1 aliphatic heterocycles. The highest BCUT2D eigenvalue weighted by molar-refractivity contribution is 7.89. The molecular weight excluding hydrogens is 384 g/mol. The number of esters is 1. The number of hydrogen-bond acceptors (Lipinski definition) is 6. The summed E-state index contributed by atoms with van der Waals surface area (Å²) in [6, 6.07) is 3.90. The molecule has 0 aromatic heterocycles. The maximum Gasteiger partial charge on any atom is 0.342 e. The van der Waals surface area contributed by atoms with E-state index in [0.29, 0.717) is 12.5 Å². The highest BCUT2D eigenvalue weighted by Crippen LogP contribution is 2.35. The molecule has 1 saturated heterocycles. The fraction of sp³-hybridized carbons (Fsp3) is 0.579. The van der Waals surface area contributed by atoms with E-state index in [0.717, 1.165) is 38.2 Å². The predicted octanol–water partition coefficient (Wildman–Crippen LogP) is 1.68. The van der Waals surface area contributed by atoms with Crippen LogP contribution in [0.25, 0.3) is 0 Å². The van der Waals surface area contributed by atoms with Crippen LogP contribution < -0.4 is 9.88 Å². The third-order valence-corrected chi connectivity index (χ3v) is 6.52. The Morgan fingerprint density at radius 3 is 2.61 bits per heavy atom. The summed E-state index contributed by atoms with van der Waals surface area (Å²) in [6.07, 6.45) is 6.57. The zero-order chi connectivity index (χ0) is 20.3. The first kappa shape index (κ1) is 20.6. The smallest absolute Gasteiger partial charge is 0.342 e. The molecule has 154 valence electrons. The summed E-state index contributed by atoms with van der Waals surface area (Å²) in [5.41, 5.74) is -0.0870. The second-order valence-corrected chi connectivity index (χ2v) is 8.89. The zero-order valence-corrected chi connectivity index (χ0v) is 16.7. The third-order valence-electron chi connectivity index (χ3n) is 5.61. The second-order valence-electron chi connectivity index (χ2n) is 7.32. The van der Waals surface area contributed by atoms with Crippen molar-refractivity contribution in [3.63, 3.8) is 0 Å². The van der Waals surface area contributed by atoms with Gasteiger partial charge in [-0.3, -0.25) is 4.79 Å². The van der Waals surface area contributed by atoms with Gasteiger partial charge in [-0.2, -0.15) is 0 Å². The van der Waals surface area contributed by atoms with Crippen molar-refractivity contribution >= 4 is 21.9 Å². The van der Waals surface area contributed by atoms with Crippen molar-refractivity contribution in [2.75, 3.05) is 20.3 Å². The number of nitrogens with two attached hydrogens (primary N) is 1. The first-order chi connectivity index (χ1) is 13.3. The number of likely N-dealkylation sites (tertiary alicyclic amines) is 1. The van der Waals surface area contributed by atoms with Crippen LogP contribution in [0.1, 0.15) is 48.9 Å². The van der Waals surface area contributed by atoms with E-state index >= 15 is 0 Å². The Morgan fingerprint density at radius 1 is 1.18 bits per heavy atom. The molecule has 1 saturated carbocycles. The van der Waals surface area contributed by atoms with Crippen molar-refractivity contribution in [1.82, 2.24) is 4.90 Å². The Hall–Kier alpha value is -2.13. The van der Waals surface area contributed by atoms with Gasteiger partial charge in [-0.1, -0.05) is 12.8 Å². The van der Waals surface area contributed by atoms with Crippen LogP contribution >= 0.6 is 0 Å². The maximum atomic E-state index is 12.7. The number of carbonyl (C=O) groups excluding carboxylic acids is 2. The van der Waals surface area contributed by atoms with Gasteiger partial charge in [0.2, 0.25) is 10.0 Å². The summed E-state index contributed by atoms with van der Waals surface area (Å²) in [5, 5.41) is 5.12. The van der Waals surface area contributed by atoms with E-state index in [4.69, 9.17) is 14.6 Å². The van der Waals surface area contributed by atoms with Crippen molar-refractivity contribution in [3.8, 4) is 5.75 Å². The first-order valence-corrected chi connectivity index (χ1v) is 11.0. The Balaban J connectivity index is 1.69.